The molecule has 4 heteroatoms. The highest BCUT2D eigenvalue weighted by Crippen LogP contribution is 2.27. The molecule has 1 aromatic carbocycles. The number of hydrogen-bond acceptors (Lipinski definition) is 2. The summed E-state index contributed by atoms with van der Waals surface area (Å²) in [6.07, 6.45) is 1.68. The number of aromatic amines is 1. The van der Waals surface area contributed by atoms with Crippen molar-refractivity contribution < 1.29 is 9.50 Å². The normalized spacial score (nSPS) is 12.7. The maximum absolute atomic E-state index is 12.8. The van der Waals surface area contributed by atoms with Gasteiger partial charge in [0.1, 0.15) is 5.82 Å². The molecule has 0 fully saturated rings. The molecule has 0 bridgehead atoms. The van der Waals surface area contributed by atoms with Gasteiger partial charge in [-0.15, -0.1) is 0 Å². The Kier molecular flexibility index (Phi) is 3.01. The van der Waals surface area contributed by atoms with Crippen LogP contribution in [0.2, 0.25) is 0 Å². The van der Waals surface area contributed by atoms with Gasteiger partial charge in [0, 0.05) is 11.1 Å². The van der Waals surface area contributed by atoms with Crippen molar-refractivity contribution in [3.63, 3.8) is 0 Å². The standard InChI is InChI=1S/C12H13FN2O/c1-2-11(16)10-7-14-15-12(10)8-3-5-9(13)6-4-8/h3-7,11,16H,2H2,1H3,(H,14,15). The molecule has 84 valence electrons. The van der Waals surface area contributed by atoms with Crippen LogP contribution in [-0.4, -0.2) is 15.3 Å². The summed E-state index contributed by atoms with van der Waals surface area (Å²) in [6, 6.07) is 6.10. The third-order valence-corrected chi connectivity index (χ3v) is 2.55. The first kappa shape index (κ1) is 10.8. The maximum Gasteiger partial charge on any atom is 0.123 e. The third kappa shape index (κ3) is 1.97. The quantitative estimate of drug-likeness (QED) is 0.835. The molecule has 0 saturated heterocycles. The van der Waals surface area contributed by atoms with Gasteiger partial charge in [0.05, 0.1) is 18.0 Å². The Hall–Kier alpha value is -1.68. The van der Waals surface area contributed by atoms with Gasteiger partial charge >= 0.3 is 0 Å². The summed E-state index contributed by atoms with van der Waals surface area (Å²) in [5.41, 5.74) is 2.31. The van der Waals surface area contributed by atoms with E-state index < -0.39 is 6.10 Å². The third-order valence-electron chi connectivity index (χ3n) is 2.55. The SMILES string of the molecule is CCC(O)c1cn[nH]c1-c1ccc(F)cc1. The van der Waals surface area contributed by atoms with E-state index in [1.165, 1.54) is 12.1 Å². The largest absolute Gasteiger partial charge is 0.388 e. The molecule has 0 radical (unpaired) electrons. The highest BCUT2D eigenvalue weighted by atomic mass is 19.1. The molecule has 0 aliphatic rings. The van der Waals surface area contributed by atoms with Crippen LogP contribution in [0, 0.1) is 5.82 Å². The molecule has 1 unspecified atom stereocenters. The number of hydrogen-bond donors (Lipinski definition) is 2. The highest BCUT2D eigenvalue weighted by Gasteiger charge is 2.13. The molecule has 2 N–H and O–H groups in total. The predicted molar refractivity (Wildman–Crippen MR) is 59.2 cm³/mol. The average molecular weight is 220 g/mol. The minimum absolute atomic E-state index is 0.277. The molecule has 1 aromatic heterocycles. The Bertz CT molecular complexity index is 464. The van der Waals surface area contributed by atoms with Gasteiger partial charge in [-0.3, -0.25) is 5.10 Å². The van der Waals surface area contributed by atoms with Crippen LogP contribution in [0.3, 0.4) is 0 Å². The lowest BCUT2D eigenvalue weighted by atomic mass is 10.0. The van der Waals surface area contributed by atoms with Crippen LogP contribution in [0.4, 0.5) is 4.39 Å². The molecule has 1 heterocycles. The molecule has 0 amide bonds. The zero-order valence-corrected chi connectivity index (χ0v) is 8.94. The lowest BCUT2D eigenvalue weighted by Crippen LogP contribution is -1.95. The molecule has 2 aromatic rings. The van der Waals surface area contributed by atoms with E-state index >= 15 is 0 Å². The van der Waals surface area contributed by atoms with Crippen molar-refractivity contribution >= 4 is 0 Å². The number of nitrogens with one attached hydrogen (secondary N) is 1. The van der Waals surface area contributed by atoms with Crippen LogP contribution in [0.25, 0.3) is 11.3 Å². The monoisotopic (exact) mass is 220 g/mol. The fraction of sp³-hybridized carbons (Fsp3) is 0.250. The summed E-state index contributed by atoms with van der Waals surface area (Å²) in [4.78, 5) is 0. The van der Waals surface area contributed by atoms with E-state index in [4.69, 9.17) is 0 Å². The fourth-order valence-corrected chi connectivity index (χ4v) is 1.62. The smallest absolute Gasteiger partial charge is 0.123 e. The van der Waals surface area contributed by atoms with E-state index in [9.17, 15) is 9.50 Å². The summed E-state index contributed by atoms with van der Waals surface area (Å²) in [5.74, 6) is -0.277. The zero-order chi connectivity index (χ0) is 11.5. The summed E-state index contributed by atoms with van der Waals surface area (Å²) < 4.78 is 12.8. The van der Waals surface area contributed by atoms with Crippen molar-refractivity contribution in [2.75, 3.05) is 0 Å². The van der Waals surface area contributed by atoms with Gasteiger partial charge in [-0.25, -0.2) is 4.39 Å². The molecule has 0 saturated carbocycles. The number of aromatic nitrogens is 2. The number of benzene rings is 1. The number of aliphatic hydroxyl groups excluding tert-OH is 1. The van der Waals surface area contributed by atoms with Gasteiger partial charge in [-0.2, -0.15) is 5.10 Å². The second-order valence-corrected chi connectivity index (χ2v) is 3.63. The Balaban J connectivity index is 2.40. The van der Waals surface area contributed by atoms with E-state index in [0.29, 0.717) is 6.42 Å². The Labute approximate surface area is 92.9 Å². The second kappa shape index (κ2) is 4.45. The average Bonchev–Trinajstić information content (AvgIpc) is 2.78. The van der Waals surface area contributed by atoms with Gasteiger partial charge in [-0.1, -0.05) is 6.92 Å². The first-order valence-electron chi connectivity index (χ1n) is 5.19. The molecule has 3 nitrogen and oxygen atoms in total. The van der Waals surface area contributed by atoms with Crippen molar-refractivity contribution in [3.05, 3.63) is 41.8 Å². The van der Waals surface area contributed by atoms with E-state index in [1.807, 2.05) is 6.92 Å². The predicted octanol–water partition coefficient (Wildman–Crippen LogP) is 2.66. The lowest BCUT2D eigenvalue weighted by molar-refractivity contribution is 0.174. The van der Waals surface area contributed by atoms with Crippen molar-refractivity contribution in [2.24, 2.45) is 0 Å². The molecule has 0 aliphatic heterocycles. The van der Waals surface area contributed by atoms with Crippen molar-refractivity contribution in [1.82, 2.24) is 10.2 Å². The molecular weight excluding hydrogens is 207 g/mol. The van der Waals surface area contributed by atoms with Crippen LogP contribution in [0.1, 0.15) is 25.0 Å². The maximum atomic E-state index is 12.8. The van der Waals surface area contributed by atoms with Gasteiger partial charge in [0.2, 0.25) is 0 Å². The van der Waals surface area contributed by atoms with Crippen LogP contribution >= 0.6 is 0 Å². The lowest BCUT2D eigenvalue weighted by Gasteiger charge is -2.08. The summed E-state index contributed by atoms with van der Waals surface area (Å²) in [7, 11) is 0. The molecular formula is C12H13FN2O. The molecule has 2 rings (SSSR count). The minimum atomic E-state index is -0.543. The number of rotatable bonds is 3. The topological polar surface area (TPSA) is 48.9 Å². The molecule has 1 atom stereocenters. The van der Waals surface area contributed by atoms with E-state index in [1.54, 1.807) is 18.3 Å². The van der Waals surface area contributed by atoms with E-state index in [-0.39, 0.29) is 5.82 Å². The van der Waals surface area contributed by atoms with Crippen LogP contribution < -0.4 is 0 Å². The van der Waals surface area contributed by atoms with Gasteiger partial charge in [0.25, 0.3) is 0 Å². The van der Waals surface area contributed by atoms with Crippen molar-refractivity contribution in [2.45, 2.75) is 19.4 Å². The number of halogens is 1. The van der Waals surface area contributed by atoms with Gasteiger partial charge in [-0.05, 0) is 30.7 Å². The first-order valence-corrected chi connectivity index (χ1v) is 5.19. The summed E-state index contributed by atoms with van der Waals surface area (Å²) >= 11 is 0. The fourth-order valence-electron chi connectivity index (χ4n) is 1.62. The second-order valence-electron chi connectivity index (χ2n) is 3.63. The van der Waals surface area contributed by atoms with Crippen LogP contribution in [-0.2, 0) is 0 Å². The van der Waals surface area contributed by atoms with Gasteiger partial charge in [0.15, 0.2) is 0 Å². The zero-order valence-electron chi connectivity index (χ0n) is 8.94. The molecule has 0 spiro atoms. The Morgan fingerprint density at radius 1 is 1.38 bits per heavy atom. The molecule has 0 aliphatic carbocycles. The van der Waals surface area contributed by atoms with E-state index in [0.717, 1.165) is 16.8 Å². The summed E-state index contributed by atoms with van der Waals surface area (Å²) in [6.45, 7) is 1.89. The highest BCUT2D eigenvalue weighted by molar-refractivity contribution is 5.62. The van der Waals surface area contributed by atoms with Crippen molar-refractivity contribution in [3.8, 4) is 11.3 Å². The molecule has 16 heavy (non-hydrogen) atoms. The van der Waals surface area contributed by atoms with Gasteiger partial charge < -0.3 is 5.11 Å². The van der Waals surface area contributed by atoms with Crippen molar-refractivity contribution in [1.29, 1.82) is 0 Å². The van der Waals surface area contributed by atoms with E-state index in [2.05, 4.69) is 10.2 Å². The minimum Gasteiger partial charge on any atom is -0.388 e. The Morgan fingerprint density at radius 2 is 2.06 bits per heavy atom. The number of nitrogens with zero attached hydrogens (tertiary/aromatic N) is 1. The van der Waals surface area contributed by atoms with Crippen LogP contribution in [0.15, 0.2) is 30.5 Å². The number of aliphatic hydroxyl groups is 1. The number of H-pyrrole nitrogens is 1. The Morgan fingerprint density at radius 3 is 2.69 bits per heavy atom. The van der Waals surface area contributed by atoms with Crippen LogP contribution in [0.5, 0.6) is 0 Å². The summed E-state index contributed by atoms with van der Waals surface area (Å²) in [5, 5.41) is 16.5. The first-order chi connectivity index (χ1) is 7.72.